The number of hydrogen-bond donors (Lipinski definition) is 7. The summed E-state index contributed by atoms with van der Waals surface area (Å²) in [6.07, 6.45) is -6.77. The van der Waals surface area contributed by atoms with Gasteiger partial charge in [0.05, 0.1) is 30.0 Å². The molecule has 11 atom stereocenters. The zero-order valence-electron chi connectivity index (χ0n) is 18.2. The first kappa shape index (κ1) is 24.3. The van der Waals surface area contributed by atoms with E-state index in [0.717, 1.165) is 0 Å². The van der Waals surface area contributed by atoms with Gasteiger partial charge in [0.25, 0.3) is 0 Å². The van der Waals surface area contributed by atoms with Gasteiger partial charge in [-0.2, -0.15) is 0 Å². The van der Waals surface area contributed by atoms with Crippen LogP contribution in [0.15, 0.2) is 0 Å². The fourth-order valence-electron chi connectivity index (χ4n) is 6.01. The van der Waals surface area contributed by atoms with E-state index >= 15 is 0 Å². The molecule has 0 radical (unpaired) electrons. The number of fused-ring (bicyclic) bond motifs is 1. The van der Waals surface area contributed by atoms with Crippen molar-refractivity contribution in [3.05, 3.63) is 0 Å². The summed E-state index contributed by atoms with van der Waals surface area (Å²) in [7, 11) is 0. The van der Waals surface area contributed by atoms with Gasteiger partial charge in [-0.05, 0) is 46.5 Å². The highest BCUT2D eigenvalue weighted by Crippen LogP contribution is 2.58. The molecular formula is C21H38O9. The molecule has 0 spiro atoms. The number of ether oxygens (including phenoxy) is 2. The van der Waals surface area contributed by atoms with Gasteiger partial charge in [-0.15, -0.1) is 0 Å². The molecule has 0 unspecified atom stereocenters. The Morgan fingerprint density at radius 3 is 2.20 bits per heavy atom. The van der Waals surface area contributed by atoms with Gasteiger partial charge >= 0.3 is 0 Å². The summed E-state index contributed by atoms with van der Waals surface area (Å²) >= 11 is 0. The van der Waals surface area contributed by atoms with Crippen LogP contribution in [0.1, 0.15) is 53.4 Å². The largest absolute Gasteiger partial charge is 0.394 e. The number of aliphatic hydroxyl groups is 7. The van der Waals surface area contributed by atoms with Gasteiger partial charge in [-0.25, -0.2) is 0 Å². The highest BCUT2D eigenvalue weighted by Gasteiger charge is 2.62. The van der Waals surface area contributed by atoms with Crippen LogP contribution in [-0.2, 0) is 9.47 Å². The van der Waals surface area contributed by atoms with E-state index in [1.165, 1.54) is 0 Å². The van der Waals surface area contributed by atoms with Gasteiger partial charge in [0, 0.05) is 17.3 Å². The standard InChI is InChI=1S/C21H38O9/c1-19(2,27)10-5-7-20(3)12(23)6-8-21(4,28)17(20)16(10)30-18-15(26)14(25)13(24)11(9-22)29-18/h10-18,22-28H,5-9H2,1-4H3/t10-,11+,12+,13-,14+,15+,16-,17-,18+,20-,21+/m1/s1. The molecule has 0 aromatic heterocycles. The number of aliphatic hydroxyl groups excluding tert-OH is 5. The minimum atomic E-state index is -1.59. The van der Waals surface area contributed by atoms with Crippen molar-refractivity contribution >= 4 is 0 Å². The Hall–Kier alpha value is -0.360. The van der Waals surface area contributed by atoms with Gasteiger partial charge in [0.2, 0.25) is 0 Å². The molecule has 9 heteroatoms. The van der Waals surface area contributed by atoms with Crippen molar-refractivity contribution in [1.82, 2.24) is 0 Å². The summed E-state index contributed by atoms with van der Waals surface area (Å²) in [5.74, 6) is -1.02. The third-order valence-electron chi connectivity index (χ3n) is 7.83. The zero-order chi connectivity index (χ0) is 22.6. The van der Waals surface area contributed by atoms with Gasteiger partial charge in [-0.1, -0.05) is 6.92 Å². The van der Waals surface area contributed by atoms with Crippen LogP contribution in [0.25, 0.3) is 0 Å². The van der Waals surface area contributed by atoms with E-state index < -0.39 is 78.0 Å². The lowest BCUT2D eigenvalue weighted by Crippen LogP contribution is -2.67. The van der Waals surface area contributed by atoms with Gasteiger partial charge in [0.1, 0.15) is 24.4 Å². The maximum absolute atomic E-state index is 11.3. The Bertz CT molecular complexity index is 604. The molecule has 3 fully saturated rings. The predicted octanol–water partition coefficient (Wildman–Crippen LogP) is -1.12. The zero-order valence-corrected chi connectivity index (χ0v) is 18.2. The average molecular weight is 435 g/mol. The van der Waals surface area contributed by atoms with E-state index in [0.29, 0.717) is 25.7 Å². The van der Waals surface area contributed by atoms with Gasteiger partial charge < -0.3 is 45.2 Å². The van der Waals surface area contributed by atoms with Gasteiger partial charge in [0.15, 0.2) is 6.29 Å². The second kappa shape index (κ2) is 8.20. The first-order chi connectivity index (χ1) is 13.7. The Kier molecular flexibility index (Phi) is 6.64. The molecule has 176 valence electrons. The smallest absolute Gasteiger partial charge is 0.186 e. The first-order valence-corrected chi connectivity index (χ1v) is 10.8. The molecule has 2 saturated carbocycles. The van der Waals surface area contributed by atoms with Crippen molar-refractivity contribution in [3.8, 4) is 0 Å². The number of hydrogen-bond acceptors (Lipinski definition) is 9. The van der Waals surface area contributed by atoms with Crippen LogP contribution in [0, 0.1) is 17.3 Å². The molecule has 0 aromatic rings. The molecule has 3 aliphatic rings. The Labute approximate surface area is 177 Å². The summed E-state index contributed by atoms with van der Waals surface area (Å²) in [5, 5.41) is 73.1. The Morgan fingerprint density at radius 2 is 1.63 bits per heavy atom. The molecule has 1 heterocycles. The van der Waals surface area contributed by atoms with E-state index in [9.17, 15) is 35.7 Å². The van der Waals surface area contributed by atoms with Crippen molar-refractivity contribution in [3.63, 3.8) is 0 Å². The second-order valence-corrected chi connectivity index (χ2v) is 10.5. The van der Waals surface area contributed by atoms with E-state index in [2.05, 4.69) is 0 Å². The maximum Gasteiger partial charge on any atom is 0.186 e. The normalized spacial score (nSPS) is 52.7. The van der Waals surface area contributed by atoms with Crippen LogP contribution in [0.4, 0.5) is 0 Å². The molecular weight excluding hydrogens is 396 g/mol. The van der Waals surface area contributed by atoms with E-state index in [1.807, 2.05) is 6.92 Å². The van der Waals surface area contributed by atoms with Crippen LogP contribution >= 0.6 is 0 Å². The fraction of sp³-hybridized carbons (Fsp3) is 1.00. The lowest BCUT2D eigenvalue weighted by molar-refractivity contribution is -0.342. The lowest BCUT2D eigenvalue weighted by atomic mass is 9.50. The van der Waals surface area contributed by atoms with Crippen LogP contribution in [0.3, 0.4) is 0 Å². The highest BCUT2D eigenvalue weighted by molar-refractivity contribution is 5.11. The summed E-state index contributed by atoms with van der Waals surface area (Å²) < 4.78 is 11.7. The quantitative estimate of drug-likeness (QED) is 0.291. The summed E-state index contributed by atoms with van der Waals surface area (Å²) in [4.78, 5) is 0. The third-order valence-corrected chi connectivity index (χ3v) is 7.83. The molecule has 9 nitrogen and oxygen atoms in total. The first-order valence-electron chi connectivity index (χ1n) is 10.8. The van der Waals surface area contributed by atoms with E-state index in [-0.39, 0.29) is 0 Å². The molecule has 1 aliphatic heterocycles. The second-order valence-electron chi connectivity index (χ2n) is 10.5. The SMILES string of the molecule is CC(C)(O)[C@@H]1CC[C@@]2(C)[C@@H]([C@@H]1O[C@@H]1O[C@@H](CO)[C@@H](O)[C@H](O)[C@@H]1O)[C@@](C)(O)CC[C@@H]2O. The molecule has 0 aromatic carbocycles. The Morgan fingerprint density at radius 1 is 1.00 bits per heavy atom. The van der Waals surface area contributed by atoms with Crippen molar-refractivity contribution in [2.24, 2.45) is 17.3 Å². The monoisotopic (exact) mass is 434 g/mol. The Balaban J connectivity index is 1.98. The van der Waals surface area contributed by atoms with Crippen LogP contribution in [0.2, 0.25) is 0 Å². The van der Waals surface area contributed by atoms with E-state index in [1.54, 1.807) is 20.8 Å². The summed E-state index contributed by atoms with van der Waals surface area (Å²) in [6.45, 7) is 6.32. The fourth-order valence-corrected chi connectivity index (χ4v) is 6.01. The molecule has 30 heavy (non-hydrogen) atoms. The molecule has 0 amide bonds. The van der Waals surface area contributed by atoms with Crippen molar-refractivity contribution < 1.29 is 45.2 Å². The van der Waals surface area contributed by atoms with Crippen molar-refractivity contribution in [2.45, 2.75) is 107 Å². The molecule has 2 aliphatic carbocycles. The number of rotatable bonds is 4. The maximum atomic E-state index is 11.3. The average Bonchev–Trinajstić information content (AvgIpc) is 2.64. The van der Waals surface area contributed by atoms with Gasteiger partial charge in [-0.3, -0.25) is 0 Å². The molecule has 3 rings (SSSR count). The summed E-state index contributed by atoms with van der Waals surface area (Å²) in [5.41, 5.74) is -3.06. The topological polar surface area (TPSA) is 160 Å². The van der Waals surface area contributed by atoms with Crippen LogP contribution in [-0.4, -0.2) is 96.5 Å². The molecule has 7 N–H and O–H groups in total. The van der Waals surface area contributed by atoms with Crippen molar-refractivity contribution in [1.29, 1.82) is 0 Å². The van der Waals surface area contributed by atoms with Crippen molar-refractivity contribution in [2.75, 3.05) is 6.61 Å². The van der Waals surface area contributed by atoms with Crippen LogP contribution < -0.4 is 0 Å². The highest BCUT2D eigenvalue weighted by atomic mass is 16.7. The predicted molar refractivity (Wildman–Crippen MR) is 105 cm³/mol. The lowest BCUT2D eigenvalue weighted by Gasteiger charge is -2.61. The third kappa shape index (κ3) is 4.04. The molecule has 1 saturated heterocycles. The van der Waals surface area contributed by atoms with Crippen LogP contribution in [0.5, 0.6) is 0 Å². The minimum Gasteiger partial charge on any atom is -0.394 e. The van der Waals surface area contributed by atoms with E-state index in [4.69, 9.17) is 9.47 Å². The molecule has 0 bridgehead atoms. The minimum absolute atomic E-state index is 0.349. The summed E-state index contributed by atoms with van der Waals surface area (Å²) in [6, 6.07) is 0.